The second-order valence-electron chi connectivity index (χ2n) is 4.58. The van der Waals surface area contributed by atoms with Crippen LogP contribution in [0.4, 0.5) is 4.39 Å². The first-order valence-electron chi connectivity index (χ1n) is 6.17. The maximum absolute atomic E-state index is 13.7. The number of ether oxygens (including phenoxy) is 1. The Balaban J connectivity index is 2.80. The maximum atomic E-state index is 13.7. The number of rotatable bonds is 7. The quantitative estimate of drug-likeness (QED) is 0.826. The van der Waals surface area contributed by atoms with Gasteiger partial charge in [-0.25, -0.2) is 12.8 Å². The summed E-state index contributed by atoms with van der Waals surface area (Å²) >= 11 is 0. The van der Waals surface area contributed by atoms with E-state index in [1.807, 2.05) is 6.92 Å². The Bertz CT molecular complexity index is 517. The number of para-hydroxylation sites is 1. The maximum Gasteiger partial charge on any atom is 0.165 e. The van der Waals surface area contributed by atoms with Crippen molar-refractivity contribution in [1.82, 2.24) is 0 Å². The highest BCUT2D eigenvalue weighted by molar-refractivity contribution is 7.90. The van der Waals surface area contributed by atoms with Crippen molar-refractivity contribution in [2.45, 2.75) is 25.8 Å². The lowest BCUT2D eigenvalue weighted by atomic mass is 10.0. The normalized spacial score (nSPS) is 13.3. The van der Waals surface area contributed by atoms with Crippen LogP contribution in [0, 0.1) is 5.82 Å². The molecule has 6 heteroatoms. The molecular weight excluding hydrogens is 269 g/mol. The van der Waals surface area contributed by atoms with Gasteiger partial charge in [-0.15, -0.1) is 0 Å². The summed E-state index contributed by atoms with van der Waals surface area (Å²) in [6.45, 7) is 1.89. The SMILES string of the molecule is CCC(N)Cc1cccc(F)c1OCCS(C)(=O)=O. The van der Waals surface area contributed by atoms with Crippen molar-refractivity contribution in [2.75, 3.05) is 18.6 Å². The first-order chi connectivity index (χ1) is 8.83. The largest absolute Gasteiger partial charge is 0.489 e. The topological polar surface area (TPSA) is 69.4 Å². The molecule has 0 bridgehead atoms. The second-order valence-corrected chi connectivity index (χ2v) is 6.84. The van der Waals surface area contributed by atoms with Gasteiger partial charge in [-0.05, 0) is 24.5 Å². The Morgan fingerprint density at radius 2 is 2.11 bits per heavy atom. The molecule has 1 unspecified atom stereocenters. The smallest absolute Gasteiger partial charge is 0.165 e. The van der Waals surface area contributed by atoms with Gasteiger partial charge in [-0.3, -0.25) is 0 Å². The highest BCUT2D eigenvalue weighted by atomic mass is 32.2. The van der Waals surface area contributed by atoms with E-state index in [-0.39, 0.29) is 24.2 Å². The summed E-state index contributed by atoms with van der Waals surface area (Å²) in [6, 6.07) is 4.56. The molecule has 1 aromatic rings. The zero-order chi connectivity index (χ0) is 14.5. The molecule has 2 N–H and O–H groups in total. The minimum absolute atomic E-state index is 0.0614. The van der Waals surface area contributed by atoms with E-state index in [1.165, 1.54) is 6.07 Å². The van der Waals surface area contributed by atoms with Gasteiger partial charge >= 0.3 is 0 Å². The monoisotopic (exact) mass is 289 g/mol. The molecule has 0 heterocycles. The van der Waals surface area contributed by atoms with E-state index >= 15 is 0 Å². The molecule has 19 heavy (non-hydrogen) atoms. The second kappa shape index (κ2) is 6.86. The van der Waals surface area contributed by atoms with Crippen LogP contribution in [0.3, 0.4) is 0 Å². The van der Waals surface area contributed by atoms with Crippen LogP contribution in [0.25, 0.3) is 0 Å². The summed E-state index contributed by atoms with van der Waals surface area (Å²) in [7, 11) is -3.12. The van der Waals surface area contributed by atoms with E-state index in [0.717, 1.165) is 12.7 Å². The molecule has 0 aromatic heterocycles. The number of hydrogen-bond acceptors (Lipinski definition) is 4. The Morgan fingerprint density at radius 3 is 2.68 bits per heavy atom. The molecule has 0 aliphatic heterocycles. The average Bonchev–Trinajstić information content (AvgIpc) is 2.31. The van der Waals surface area contributed by atoms with Crippen LogP contribution in [-0.4, -0.2) is 33.1 Å². The van der Waals surface area contributed by atoms with Crippen LogP contribution in [0.2, 0.25) is 0 Å². The van der Waals surface area contributed by atoms with Crippen LogP contribution in [0.5, 0.6) is 5.75 Å². The predicted octanol–water partition coefficient (Wildman–Crippen LogP) is 1.53. The molecule has 4 nitrogen and oxygen atoms in total. The third-order valence-electron chi connectivity index (χ3n) is 2.76. The predicted molar refractivity (Wildman–Crippen MR) is 73.6 cm³/mol. The highest BCUT2D eigenvalue weighted by Crippen LogP contribution is 2.24. The average molecular weight is 289 g/mol. The molecule has 0 aliphatic rings. The van der Waals surface area contributed by atoms with E-state index in [0.29, 0.717) is 12.0 Å². The van der Waals surface area contributed by atoms with Crippen LogP contribution in [-0.2, 0) is 16.3 Å². The van der Waals surface area contributed by atoms with E-state index in [9.17, 15) is 12.8 Å². The number of benzene rings is 1. The fraction of sp³-hybridized carbons (Fsp3) is 0.538. The summed E-state index contributed by atoms with van der Waals surface area (Å²) in [5.74, 6) is -0.523. The van der Waals surface area contributed by atoms with Gasteiger partial charge in [0.05, 0.1) is 5.75 Å². The van der Waals surface area contributed by atoms with E-state index in [4.69, 9.17) is 10.5 Å². The summed E-state index contributed by atoms with van der Waals surface area (Å²) in [5, 5.41) is 0. The minimum Gasteiger partial charge on any atom is -0.489 e. The van der Waals surface area contributed by atoms with Crippen LogP contribution < -0.4 is 10.5 Å². The molecule has 0 spiro atoms. The number of halogens is 1. The zero-order valence-corrected chi connectivity index (χ0v) is 12.0. The molecule has 108 valence electrons. The molecule has 0 amide bonds. The molecule has 0 aliphatic carbocycles. The van der Waals surface area contributed by atoms with Gasteiger partial charge in [0.25, 0.3) is 0 Å². The molecule has 1 atom stereocenters. The van der Waals surface area contributed by atoms with Crippen molar-refractivity contribution in [2.24, 2.45) is 5.73 Å². The van der Waals surface area contributed by atoms with Gasteiger partial charge < -0.3 is 10.5 Å². The van der Waals surface area contributed by atoms with Crippen molar-refractivity contribution < 1.29 is 17.5 Å². The molecular formula is C13H20FNO3S. The molecule has 1 aromatic carbocycles. The van der Waals surface area contributed by atoms with E-state index in [1.54, 1.807) is 12.1 Å². The summed E-state index contributed by atoms with van der Waals surface area (Å²) in [6.07, 6.45) is 2.40. The fourth-order valence-corrected chi connectivity index (χ4v) is 1.98. The third kappa shape index (κ3) is 5.57. The lowest BCUT2D eigenvalue weighted by molar-refractivity contribution is 0.317. The molecule has 0 fully saturated rings. The summed E-state index contributed by atoms with van der Waals surface area (Å²) in [5.41, 5.74) is 6.52. The first kappa shape index (κ1) is 15.9. The molecule has 0 radical (unpaired) electrons. The molecule has 1 rings (SSSR count). The minimum atomic E-state index is -3.12. The number of hydrogen-bond donors (Lipinski definition) is 1. The van der Waals surface area contributed by atoms with Gasteiger partial charge in [-0.1, -0.05) is 19.1 Å². The zero-order valence-electron chi connectivity index (χ0n) is 11.2. The van der Waals surface area contributed by atoms with Gasteiger partial charge in [-0.2, -0.15) is 0 Å². The van der Waals surface area contributed by atoms with Gasteiger partial charge in [0.15, 0.2) is 21.4 Å². The summed E-state index contributed by atoms with van der Waals surface area (Å²) in [4.78, 5) is 0. The Hall–Kier alpha value is -1.14. The van der Waals surface area contributed by atoms with Gasteiger partial charge in [0, 0.05) is 12.3 Å². The van der Waals surface area contributed by atoms with Crippen molar-refractivity contribution in [3.8, 4) is 5.75 Å². The Labute approximate surface area is 113 Å². The first-order valence-corrected chi connectivity index (χ1v) is 8.23. The number of nitrogens with two attached hydrogens (primary N) is 1. The van der Waals surface area contributed by atoms with Crippen molar-refractivity contribution in [3.05, 3.63) is 29.6 Å². The van der Waals surface area contributed by atoms with Crippen LogP contribution in [0.1, 0.15) is 18.9 Å². The van der Waals surface area contributed by atoms with Crippen LogP contribution in [0.15, 0.2) is 18.2 Å². The van der Waals surface area contributed by atoms with E-state index in [2.05, 4.69) is 0 Å². The fourth-order valence-electron chi connectivity index (χ4n) is 1.60. The van der Waals surface area contributed by atoms with E-state index < -0.39 is 15.7 Å². The lowest BCUT2D eigenvalue weighted by Gasteiger charge is -2.14. The molecule has 0 saturated heterocycles. The van der Waals surface area contributed by atoms with Crippen LogP contribution >= 0.6 is 0 Å². The third-order valence-corrected chi connectivity index (χ3v) is 3.66. The number of sulfone groups is 1. The lowest BCUT2D eigenvalue weighted by Crippen LogP contribution is -2.22. The van der Waals surface area contributed by atoms with Crippen molar-refractivity contribution >= 4 is 9.84 Å². The highest BCUT2D eigenvalue weighted by Gasteiger charge is 2.13. The summed E-state index contributed by atoms with van der Waals surface area (Å²) < 4.78 is 41.0. The van der Waals surface area contributed by atoms with Crippen molar-refractivity contribution in [3.63, 3.8) is 0 Å². The Kier molecular flexibility index (Phi) is 5.75. The van der Waals surface area contributed by atoms with Gasteiger partial charge in [0.1, 0.15) is 6.61 Å². The van der Waals surface area contributed by atoms with Gasteiger partial charge in [0.2, 0.25) is 0 Å². The molecule has 0 saturated carbocycles. The van der Waals surface area contributed by atoms with Crippen molar-refractivity contribution in [1.29, 1.82) is 0 Å². The standard InChI is InChI=1S/C13H20FNO3S/c1-3-11(15)9-10-5-4-6-12(14)13(10)18-7-8-19(2,16)17/h4-6,11H,3,7-9,15H2,1-2H3. The Morgan fingerprint density at radius 1 is 1.42 bits per heavy atom.